The summed E-state index contributed by atoms with van der Waals surface area (Å²) in [4.78, 5) is 11.8. The van der Waals surface area contributed by atoms with Crippen LogP contribution in [0.25, 0.3) is 0 Å². The number of allylic oxidation sites excluding steroid dienone is 1. The van der Waals surface area contributed by atoms with Gasteiger partial charge < -0.3 is 4.74 Å². The highest BCUT2D eigenvalue weighted by molar-refractivity contribution is 5.90. The first-order chi connectivity index (χ1) is 10.0. The molecule has 0 bridgehead atoms. The van der Waals surface area contributed by atoms with E-state index < -0.39 is 0 Å². The largest absolute Gasteiger partial charge is 0.463 e. The van der Waals surface area contributed by atoms with E-state index in [0.717, 1.165) is 11.1 Å². The van der Waals surface area contributed by atoms with Crippen molar-refractivity contribution in [3.05, 3.63) is 47.0 Å². The van der Waals surface area contributed by atoms with E-state index in [1.165, 1.54) is 18.4 Å². The minimum Gasteiger partial charge on any atom is -0.463 e. The van der Waals surface area contributed by atoms with Gasteiger partial charge >= 0.3 is 5.97 Å². The number of rotatable bonds is 5. The second-order valence-electron chi connectivity index (χ2n) is 5.10. The van der Waals surface area contributed by atoms with Gasteiger partial charge in [0.1, 0.15) is 0 Å². The molecule has 0 aliphatic rings. The molecule has 0 N–H and O–H groups in total. The quantitative estimate of drug-likeness (QED) is 0.535. The van der Waals surface area contributed by atoms with Gasteiger partial charge in [-0.2, -0.15) is 0 Å². The number of unbranched alkanes of at least 4 members (excludes halogenated alkanes) is 1. The summed E-state index contributed by atoms with van der Waals surface area (Å²) in [6.07, 6.45) is 4.47. The maximum Gasteiger partial charge on any atom is 0.334 e. The molecule has 1 atom stereocenters. The standard InChI is InChI=1S/C15H20O2.C4H10/c1-5-14(15(16)17-6-2)12(4)13-9-7-11(3)8-10-13;1-3-4-2/h5,7-10,12H,6H2,1-4H3;3-4H2,1-2H3/b14-5+;. The highest BCUT2D eigenvalue weighted by Crippen LogP contribution is 2.25. The minimum absolute atomic E-state index is 0.0691. The molecule has 2 heteroatoms. The maximum atomic E-state index is 11.8. The van der Waals surface area contributed by atoms with Crippen LogP contribution in [0.4, 0.5) is 0 Å². The van der Waals surface area contributed by atoms with Crippen LogP contribution in [-0.2, 0) is 9.53 Å². The van der Waals surface area contributed by atoms with E-state index in [0.29, 0.717) is 6.61 Å². The molecule has 0 aliphatic heterocycles. The summed E-state index contributed by atoms with van der Waals surface area (Å²) in [5.74, 6) is -0.150. The molecule has 118 valence electrons. The first-order valence-electron chi connectivity index (χ1n) is 7.91. The lowest BCUT2D eigenvalue weighted by Gasteiger charge is -2.15. The smallest absolute Gasteiger partial charge is 0.334 e. The molecule has 0 saturated carbocycles. The third-order valence-corrected chi connectivity index (χ3v) is 3.37. The van der Waals surface area contributed by atoms with Crippen molar-refractivity contribution < 1.29 is 9.53 Å². The van der Waals surface area contributed by atoms with E-state index in [4.69, 9.17) is 4.74 Å². The van der Waals surface area contributed by atoms with Gasteiger partial charge in [-0.05, 0) is 26.3 Å². The van der Waals surface area contributed by atoms with Crippen LogP contribution >= 0.6 is 0 Å². The lowest BCUT2D eigenvalue weighted by Crippen LogP contribution is -2.13. The van der Waals surface area contributed by atoms with Crippen LogP contribution in [-0.4, -0.2) is 12.6 Å². The van der Waals surface area contributed by atoms with Crippen molar-refractivity contribution in [2.75, 3.05) is 6.61 Å². The molecule has 2 nitrogen and oxygen atoms in total. The van der Waals surface area contributed by atoms with Gasteiger partial charge in [0.25, 0.3) is 0 Å². The van der Waals surface area contributed by atoms with Crippen molar-refractivity contribution in [1.82, 2.24) is 0 Å². The second-order valence-corrected chi connectivity index (χ2v) is 5.10. The third kappa shape index (κ3) is 7.12. The first-order valence-corrected chi connectivity index (χ1v) is 7.91. The normalized spacial score (nSPS) is 12.2. The lowest BCUT2D eigenvalue weighted by molar-refractivity contribution is -0.138. The molecule has 1 aromatic carbocycles. The van der Waals surface area contributed by atoms with Gasteiger partial charge in [-0.1, -0.05) is 69.5 Å². The van der Waals surface area contributed by atoms with Crippen LogP contribution in [0.2, 0.25) is 0 Å². The van der Waals surface area contributed by atoms with E-state index in [1.54, 1.807) is 0 Å². The summed E-state index contributed by atoms with van der Waals surface area (Å²) in [5.41, 5.74) is 3.08. The SMILES string of the molecule is C/C=C(/C(=O)OCC)C(C)c1ccc(C)cc1.CCCC. The van der Waals surface area contributed by atoms with Crippen LogP contribution in [0.5, 0.6) is 0 Å². The Kier molecular flexibility index (Phi) is 10.3. The van der Waals surface area contributed by atoms with Crippen molar-refractivity contribution in [2.45, 2.75) is 60.3 Å². The van der Waals surface area contributed by atoms with Crippen molar-refractivity contribution in [1.29, 1.82) is 0 Å². The highest BCUT2D eigenvalue weighted by atomic mass is 16.5. The Balaban J connectivity index is 0.000000885. The molecule has 0 aromatic heterocycles. The molecule has 0 aliphatic carbocycles. The Morgan fingerprint density at radius 3 is 2.05 bits per heavy atom. The van der Waals surface area contributed by atoms with Gasteiger partial charge in [0.05, 0.1) is 6.61 Å². The first kappa shape index (κ1) is 19.4. The second kappa shape index (κ2) is 11.1. The van der Waals surface area contributed by atoms with Gasteiger partial charge in [0.2, 0.25) is 0 Å². The molecular weight excluding hydrogens is 260 g/mol. The molecule has 1 rings (SSSR count). The zero-order valence-corrected chi connectivity index (χ0v) is 14.4. The number of esters is 1. The van der Waals surface area contributed by atoms with E-state index in [-0.39, 0.29) is 11.9 Å². The number of hydrogen-bond donors (Lipinski definition) is 0. The Bertz CT molecular complexity index is 427. The zero-order chi connectivity index (χ0) is 16.3. The Labute approximate surface area is 130 Å². The van der Waals surface area contributed by atoms with Crippen molar-refractivity contribution in [2.24, 2.45) is 0 Å². The van der Waals surface area contributed by atoms with Crippen LogP contribution in [0.1, 0.15) is 64.5 Å². The van der Waals surface area contributed by atoms with Crippen molar-refractivity contribution in [3.8, 4) is 0 Å². The molecule has 0 amide bonds. The number of hydrogen-bond acceptors (Lipinski definition) is 2. The van der Waals surface area contributed by atoms with Crippen molar-refractivity contribution >= 4 is 5.97 Å². The predicted molar refractivity (Wildman–Crippen MR) is 90.6 cm³/mol. The van der Waals surface area contributed by atoms with Gasteiger partial charge in [-0.25, -0.2) is 4.79 Å². The maximum absolute atomic E-state index is 11.8. The summed E-state index contributed by atoms with van der Waals surface area (Å²) < 4.78 is 5.05. The van der Waals surface area contributed by atoms with Gasteiger partial charge in [0, 0.05) is 11.5 Å². The predicted octanol–water partition coefficient (Wildman–Crippen LogP) is 5.41. The Morgan fingerprint density at radius 2 is 1.67 bits per heavy atom. The molecule has 0 saturated heterocycles. The topological polar surface area (TPSA) is 26.3 Å². The number of aryl methyl sites for hydroxylation is 1. The monoisotopic (exact) mass is 290 g/mol. The summed E-state index contributed by atoms with van der Waals surface area (Å²) in [6.45, 7) is 12.5. The van der Waals surface area contributed by atoms with Crippen LogP contribution in [0, 0.1) is 6.92 Å². The molecule has 0 radical (unpaired) electrons. The van der Waals surface area contributed by atoms with Crippen molar-refractivity contribution in [3.63, 3.8) is 0 Å². The molecule has 21 heavy (non-hydrogen) atoms. The third-order valence-electron chi connectivity index (χ3n) is 3.37. The van der Waals surface area contributed by atoms with Gasteiger partial charge in [-0.3, -0.25) is 0 Å². The van der Waals surface area contributed by atoms with Gasteiger partial charge in [0.15, 0.2) is 0 Å². The average molecular weight is 290 g/mol. The Morgan fingerprint density at radius 1 is 1.14 bits per heavy atom. The average Bonchev–Trinajstić information content (AvgIpc) is 2.49. The number of ether oxygens (including phenoxy) is 1. The summed E-state index contributed by atoms with van der Waals surface area (Å²) in [5, 5.41) is 0. The molecule has 1 aromatic rings. The summed E-state index contributed by atoms with van der Waals surface area (Å²) >= 11 is 0. The van der Waals surface area contributed by atoms with Gasteiger partial charge in [-0.15, -0.1) is 0 Å². The fourth-order valence-electron chi connectivity index (χ4n) is 1.79. The number of benzene rings is 1. The van der Waals surface area contributed by atoms with Crippen LogP contribution < -0.4 is 0 Å². The van der Waals surface area contributed by atoms with Crippen LogP contribution in [0.15, 0.2) is 35.9 Å². The van der Waals surface area contributed by atoms with E-state index >= 15 is 0 Å². The molecule has 1 unspecified atom stereocenters. The Hall–Kier alpha value is -1.57. The van der Waals surface area contributed by atoms with E-state index in [2.05, 4.69) is 45.0 Å². The molecule has 0 fully saturated rings. The lowest BCUT2D eigenvalue weighted by atomic mass is 9.92. The summed E-state index contributed by atoms with van der Waals surface area (Å²) in [6, 6.07) is 8.24. The number of carbonyl (C=O) groups excluding carboxylic acids is 1. The van der Waals surface area contributed by atoms with E-state index in [1.807, 2.05) is 26.8 Å². The minimum atomic E-state index is -0.219. The van der Waals surface area contributed by atoms with E-state index in [9.17, 15) is 4.79 Å². The fraction of sp³-hybridized carbons (Fsp3) is 0.526. The fourth-order valence-corrected chi connectivity index (χ4v) is 1.79. The molecular formula is C19H30O2. The molecule has 0 spiro atoms. The zero-order valence-electron chi connectivity index (χ0n) is 14.4. The van der Waals surface area contributed by atoms with Crippen LogP contribution in [0.3, 0.4) is 0 Å². The summed E-state index contributed by atoms with van der Waals surface area (Å²) in [7, 11) is 0. The highest BCUT2D eigenvalue weighted by Gasteiger charge is 2.18. The molecule has 0 heterocycles. The number of carbonyl (C=O) groups is 1.